The van der Waals surface area contributed by atoms with Gasteiger partial charge in [0.15, 0.2) is 5.11 Å². The van der Waals surface area contributed by atoms with E-state index in [1.807, 2.05) is 36.4 Å². The fourth-order valence-corrected chi connectivity index (χ4v) is 2.74. The molecule has 2 rings (SSSR count). The van der Waals surface area contributed by atoms with Gasteiger partial charge in [-0.3, -0.25) is 5.43 Å². The molecule has 0 radical (unpaired) electrons. The number of nitrogens with zero attached hydrogens (tertiary/aromatic N) is 1. The summed E-state index contributed by atoms with van der Waals surface area (Å²) in [5, 5.41) is 4.06. The summed E-state index contributed by atoms with van der Waals surface area (Å²) in [6, 6.07) is 15.9. The highest BCUT2D eigenvalue weighted by molar-refractivity contribution is 7.80. The first-order valence-corrected chi connectivity index (χ1v) is 10.1. The van der Waals surface area contributed by atoms with Gasteiger partial charge in [-0.05, 0) is 60.5 Å². The standard InChI is InChI=1S/C22H29N3O2S/c1-2-3-4-5-7-18-10-12-20(13-11-18)26-14-15-27-21-9-6-8-19(16-21)17-24-25-22(23)28/h6,8-13,16-17H,2-5,7,14-15H2,1H3,(H3,23,25,28)/b24-17-. The Labute approximate surface area is 172 Å². The second kappa shape index (κ2) is 12.7. The molecule has 28 heavy (non-hydrogen) atoms. The summed E-state index contributed by atoms with van der Waals surface area (Å²) in [4.78, 5) is 0. The Morgan fingerprint density at radius 1 is 1.04 bits per heavy atom. The number of thiocarbonyl (C=S) groups is 1. The van der Waals surface area contributed by atoms with Crippen LogP contribution in [0.25, 0.3) is 0 Å². The smallest absolute Gasteiger partial charge is 0.184 e. The first-order chi connectivity index (χ1) is 13.7. The SMILES string of the molecule is CCCCCCc1ccc(OCCOc2cccc(/C=N\NC(N)=S)c2)cc1. The summed E-state index contributed by atoms with van der Waals surface area (Å²) in [7, 11) is 0. The Balaban J connectivity index is 1.69. The van der Waals surface area contributed by atoms with Crippen molar-refractivity contribution >= 4 is 23.5 Å². The Morgan fingerprint density at radius 3 is 2.50 bits per heavy atom. The van der Waals surface area contributed by atoms with E-state index in [2.05, 4.69) is 29.6 Å². The van der Waals surface area contributed by atoms with Gasteiger partial charge in [-0.1, -0.05) is 50.5 Å². The number of rotatable bonds is 12. The van der Waals surface area contributed by atoms with Crippen molar-refractivity contribution in [3.05, 3.63) is 59.7 Å². The molecule has 0 atom stereocenters. The predicted molar refractivity (Wildman–Crippen MR) is 119 cm³/mol. The van der Waals surface area contributed by atoms with Crippen LogP contribution in [0.3, 0.4) is 0 Å². The third kappa shape index (κ3) is 8.86. The molecule has 6 heteroatoms. The Morgan fingerprint density at radius 2 is 1.79 bits per heavy atom. The van der Waals surface area contributed by atoms with Crippen molar-refractivity contribution < 1.29 is 9.47 Å². The monoisotopic (exact) mass is 399 g/mol. The molecule has 0 fully saturated rings. The van der Waals surface area contributed by atoms with E-state index in [4.69, 9.17) is 27.4 Å². The lowest BCUT2D eigenvalue weighted by molar-refractivity contribution is 0.217. The van der Waals surface area contributed by atoms with Crippen LogP contribution in [0.1, 0.15) is 43.7 Å². The van der Waals surface area contributed by atoms with E-state index >= 15 is 0 Å². The minimum Gasteiger partial charge on any atom is -0.490 e. The minimum atomic E-state index is 0.130. The van der Waals surface area contributed by atoms with Crippen molar-refractivity contribution in [3.8, 4) is 11.5 Å². The van der Waals surface area contributed by atoms with Crippen molar-refractivity contribution in [1.29, 1.82) is 0 Å². The molecule has 5 nitrogen and oxygen atoms in total. The van der Waals surface area contributed by atoms with Crippen LogP contribution in [-0.2, 0) is 6.42 Å². The van der Waals surface area contributed by atoms with E-state index in [9.17, 15) is 0 Å². The number of nitrogens with one attached hydrogen (secondary N) is 1. The van der Waals surface area contributed by atoms with Crippen LogP contribution in [0.5, 0.6) is 11.5 Å². The maximum absolute atomic E-state index is 5.76. The van der Waals surface area contributed by atoms with Crippen LogP contribution in [0.15, 0.2) is 53.6 Å². The topological polar surface area (TPSA) is 68.9 Å². The molecule has 0 amide bonds. The largest absolute Gasteiger partial charge is 0.490 e. The lowest BCUT2D eigenvalue weighted by Gasteiger charge is -2.09. The summed E-state index contributed by atoms with van der Waals surface area (Å²) in [5.41, 5.74) is 10.1. The summed E-state index contributed by atoms with van der Waals surface area (Å²) in [6.07, 6.45) is 7.90. The summed E-state index contributed by atoms with van der Waals surface area (Å²) in [6.45, 7) is 3.18. The highest BCUT2D eigenvalue weighted by atomic mass is 32.1. The van der Waals surface area contributed by atoms with Crippen LogP contribution in [-0.4, -0.2) is 24.5 Å². The molecule has 3 N–H and O–H groups in total. The minimum absolute atomic E-state index is 0.130. The third-order valence-corrected chi connectivity index (χ3v) is 4.20. The van der Waals surface area contributed by atoms with E-state index in [0.717, 1.165) is 23.5 Å². The summed E-state index contributed by atoms with van der Waals surface area (Å²) < 4.78 is 11.5. The zero-order valence-electron chi connectivity index (χ0n) is 16.4. The average Bonchev–Trinajstić information content (AvgIpc) is 2.70. The van der Waals surface area contributed by atoms with Gasteiger partial charge in [0.1, 0.15) is 24.7 Å². The second-order valence-corrected chi connectivity index (χ2v) is 6.90. The number of hydrazone groups is 1. The third-order valence-electron chi connectivity index (χ3n) is 4.11. The van der Waals surface area contributed by atoms with Crippen molar-refractivity contribution in [1.82, 2.24) is 5.43 Å². The molecule has 0 aromatic heterocycles. The van der Waals surface area contributed by atoms with Crippen molar-refractivity contribution in [2.75, 3.05) is 13.2 Å². The highest BCUT2D eigenvalue weighted by Gasteiger charge is 1.99. The highest BCUT2D eigenvalue weighted by Crippen LogP contribution is 2.15. The Hall–Kier alpha value is -2.60. The molecule has 150 valence electrons. The number of ether oxygens (including phenoxy) is 2. The molecule has 0 saturated carbocycles. The van der Waals surface area contributed by atoms with Gasteiger partial charge < -0.3 is 15.2 Å². The fraction of sp³-hybridized carbons (Fsp3) is 0.364. The maximum atomic E-state index is 5.76. The zero-order chi connectivity index (χ0) is 20.0. The van der Waals surface area contributed by atoms with Crippen molar-refractivity contribution in [3.63, 3.8) is 0 Å². The second-order valence-electron chi connectivity index (χ2n) is 6.46. The molecule has 0 aliphatic carbocycles. The zero-order valence-corrected chi connectivity index (χ0v) is 17.2. The molecular weight excluding hydrogens is 370 g/mol. The molecule has 0 unspecified atom stereocenters. The van der Waals surface area contributed by atoms with Crippen LogP contribution < -0.4 is 20.6 Å². The molecule has 0 spiro atoms. The van der Waals surface area contributed by atoms with Gasteiger partial charge in [-0.15, -0.1) is 0 Å². The molecule has 0 aliphatic heterocycles. The first kappa shape index (κ1) is 21.7. The molecular formula is C22H29N3O2S. The van der Waals surface area contributed by atoms with Gasteiger partial charge >= 0.3 is 0 Å². The van der Waals surface area contributed by atoms with Crippen molar-refractivity contribution in [2.45, 2.75) is 39.0 Å². The fourth-order valence-electron chi connectivity index (χ4n) is 2.68. The van der Waals surface area contributed by atoms with Gasteiger partial charge in [0.2, 0.25) is 0 Å². The number of hydrogen-bond acceptors (Lipinski definition) is 4. The van der Waals surface area contributed by atoms with E-state index in [-0.39, 0.29) is 5.11 Å². The van der Waals surface area contributed by atoms with Gasteiger partial charge in [0.25, 0.3) is 0 Å². The first-order valence-electron chi connectivity index (χ1n) is 9.70. The van der Waals surface area contributed by atoms with Gasteiger partial charge in [-0.25, -0.2) is 0 Å². The van der Waals surface area contributed by atoms with Crippen LogP contribution in [0, 0.1) is 0 Å². The molecule has 0 aliphatic rings. The average molecular weight is 400 g/mol. The maximum Gasteiger partial charge on any atom is 0.184 e. The van der Waals surface area contributed by atoms with E-state index in [1.165, 1.54) is 31.2 Å². The van der Waals surface area contributed by atoms with Gasteiger partial charge in [-0.2, -0.15) is 5.10 Å². The quantitative estimate of drug-likeness (QED) is 0.239. The van der Waals surface area contributed by atoms with Gasteiger partial charge in [0.05, 0.1) is 6.21 Å². The molecule has 2 aromatic rings. The van der Waals surface area contributed by atoms with E-state index in [1.54, 1.807) is 6.21 Å². The van der Waals surface area contributed by atoms with Gasteiger partial charge in [0, 0.05) is 0 Å². The number of unbranched alkanes of at least 4 members (excludes halogenated alkanes) is 3. The lowest BCUT2D eigenvalue weighted by Crippen LogP contribution is -2.23. The summed E-state index contributed by atoms with van der Waals surface area (Å²) in [5.74, 6) is 1.62. The molecule has 0 heterocycles. The Kier molecular flexibility index (Phi) is 9.86. The van der Waals surface area contributed by atoms with Crippen LogP contribution in [0.2, 0.25) is 0 Å². The molecule has 2 aromatic carbocycles. The number of benzene rings is 2. The molecule has 0 saturated heterocycles. The van der Waals surface area contributed by atoms with E-state index in [0.29, 0.717) is 13.2 Å². The summed E-state index contributed by atoms with van der Waals surface area (Å²) >= 11 is 4.70. The Bertz CT molecular complexity index is 748. The van der Waals surface area contributed by atoms with Crippen LogP contribution >= 0.6 is 12.2 Å². The lowest BCUT2D eigenvalue weighted by atomic mass is 10.1. The predicted octanol–water partition coefficient (Wildman–Crippen LogP) is 4.43. The normalized spacial score (nSPS) is 10.8. The number of hydrogen-bond donors (Lipinski definition) is 2. The van der Waals surface area contributed by atoms with Crippen molar-refractivity contribution in [2.24, 2.45) is 10.8 Å². The molecule has 0 bridgehead atoms. The number of nitrogens with two attached hydrogens (primary N) is 1. The van der Waals surface area contributed by atoms with E-state index < -0.39 is 0 Å². The number of aryl methyl sites for hydroxylation is 1. The van der Waals surface area contributed by atoms with Crippen LogP contribution in [0.4, 0.5) is 0 Å².